The highest BCUT2D eigenvalue weighted by molar-refractivity contribution is 7.47. The molecule has 0 fully saturated rings. The Morgan fingerprint density at radius 3 is 1.24 bits per heavy atom. The average molecular weight is 1060 g/mol. The Morgan fingerprint density at radius 1 is 0.473 bits per heavy atom. The molecule has 0 heterocycles. The monoisotopic (exact) mass is 1060 g/mol. The van der Waals surface area contributed by atoms with E-state index in [-0.39, 0.29) is 31.5 Å². The topological polar surface area (TPSA) is 111 Å². The fraction of sp³-hybridized carbons (Fsp3) is 0.844. The van der Waals surface area contributed by atoms with Crippen molar-refractivity contribution in [3.63, 3.8) is 0 Å². The van der Waals surface area contributed by atoms with E-state index in [0.717, 1.165) is 64.2 Å². The van der Waals surface area contributed by atoms with Crippen LogP contribution in [0.25, 0.3) is 0 Å². The summed E-state index contributed by atoms with van der Waals surface area (Å²) in [4.78, 5) is 37.7. The first-order valence-corrected chi connectivity index (χ1v) is 33.0. The van der Waals surface area contributed by atoms with Crippen molar-refractivity contribution in [1.82, 2.24) is 5.32 Å². The molecular weight excluding hydrogens is 940 g/mol. The number of allylic oxidation sites excluding steroid dienone is 7. The number of carbonyl (C=O) groups excluding carboxylic acids is 2. The summed E-state index contributed by atoms with van der Waals surface area (Å²) in [5, 5.41) is 3.04. The predicted molar refractivity (Wildman–Crippen MR) is 319 cm³/mol. The smallest absolute Gasteiger partial charge is 0.456 e. The molecule has 0 aliphatic rings. The molecule has 0 saturated carbocycles. The highest BCUT2D eigenvalue weighted by Crippen LogP contribution is 2.43. The van der Waals surface area contributed by atoms with Crippen LogP contribution in [-0.4, -0.2) is 74.3 Å². The van der Waals surface area contributed by atoms with Gasteiger partial charge < -0.3 is 19.4 Å². The number of quaternary nitrogens is 1. The summed E-state index contributed by atoms with van der Waals surface area (Å²) in [6.07, 6.45) is 66.9. The molecular formula is C64H122N2O7P+. The first kappa shape index (κ1) is 72.0. The maximum Gasteiger partial charge on any atom is 0.472 e. The summed E-state index contributed by atoms with van der Waals surface area (Å²) in [6, 6.07) is -0.861. The Bertz CT molecular complexity index is 1410. The van der Waals surface area contributed by atoms with Crippen molar-refractivity contribution in [3.8, 4) is 0 Å². The van der Waals surface area contributed by atoms with Crippen LogP contribution in [0.15, 0.2) is 48.6 Å². The summed E-state index contributed by atoms with van der Waals surface area (Å²) in [5.74, 6) is -0.529. The Hall–Kier alpha value is -2.03. The van der Waals surface area contributed by atoms with E-state index in [2.05, 4.69) is 62.5 Å². The number of hydrogen-bond donors (Lipinski definition) is 2. The largest absolute Gasteiger partial charge is 0.472 e. The molecule has 3 atom stereocenters. The van der Waals surface area contributed by atoms with E-state index >= 15 is 0 Å². The van der Waals surface area contributed by atoms with Gasteiger partial charge in [0.05, 0.1) is 33.8 Å². The lowest BCUT2D eigenvalue weighted by molar-refractivity contribution is -0.870. The van der Waals surface area contributed by atoms with Gasteiger partial charge in [0.1, 0.15) is 19.3 Å². The first-order chi connectivity index (χ1) is 35.9. The first-order valence-electron chi connectivity index (χ1n) is 31.5. The van der Waals surface area contributed by atoms with Crippen molar-refractivity contribution in [2.24, 2.45) is 0 Å². The highest BCUT2D eigenvalue weighted by atomic mass is 31.2. The van der Waals surface area contributed by atoms with E-state index in [1.54, 1.807) is 0 Å². The third-order valence-electron chi connectivity index (χ3n) is 14.0. The van der Waals surface area contributed by atoms with Gasteiger partial charge in [0.2, 0.25) is 5.91 Å². The van der Waals surface area contributed by atoms with E-state index in [4.69, 9.17) is 13.8 Å². The van der Waals surface area contributed by atoms with Gasteiger partial charge in [-0.25, -0.2) is 4.57 Å². The molecule has 74 heavy (non-hydrogen) atoms. The Morgan fingerprint density at radius 2 is 0.824 bits per heavy atom. The van der Waals surface area contributed by atoms with Gasteiger partial charge in [-0.05, 0) is 83.1 Å². The van der Waals surface area contributed by atoms with Crippen LogP contribution in [-0.2, 0) is 27.9 Å². The standard InChI is InChI=1S/C64H121N2O7P/c1-7-10-13-16-19-22-25-27-29-31-32-33-34-35-37-39-42-45-48-51-54-57-64(68)73-62(55-52-49-46-43-40-24-21-18-15-12-9-3)61(60-72-74(69,70)71-59-58-66(4,5)6)65-63(67)56-53-50-47-44-41-38-36-30-28-26-23-20-17-14-11-8-2/h27,29-30,36,38,41,52,55,61-62H,7-26,28,31-35,37,39-40,42-51,53-54,56-60H2,1-6H3,(H-,65,67,69,70)/p+1/b29-27+,36-30+,41-38+,55-52+. The number of phosphoric ester groups is 1. The molecule has 0 radical (unpaired) electrons. The molecule has 10 heteroatoms. The molecule has 0 aliphatic heterocycles. The second-order valence-corrected chi connectivity index (χ2v) is 24.1. The van der Waals surface area contributed by atoms with Crippen LogP contribution >= 0.6 is 7.82 Å². The van der Waals surface area contributed by atoms with E-state index in [0.29, 0.717) is 23.9 Å². The molecule has 0 spiro atoms. The van der Waals surface area contributed by atoms with Gasteiger partial charge in [0.25, 0.3) is 0 Å². The van der Waals surface area contributed by atoms with Crippen molar-refractivity contribution in [2.75, 3.05) is 40.9 Å². The third-order valence-corrected chi connectivity index (χ3v) is 15.0. The van der Waals surface area contributed by atoms with Crippen molar-refractivity contribution < 1.29 is 37.3 Å². The average Bonchev–Trinajstić information content (AvgIpc) is 3.36. The lowest BCUT2D eigenvalue weighted by Crippen LogP contribution is -2.47. The van der Waals surface area contributed by atoms with Gasteiger partial charge >= 0.3 is 13.8 Å². The third kappa shape index (κ3) is 54.7. The minimum Gasteiger partial charge on any atom is -0.456 e. The lowest BCUT2D eigenvalue weighted by atomic mass is 10.0. The van der Waals surface area contributed by atoms with Crippen LogP contribution in [0.3, 0.4) is 0 Å². The van der Waals surface area contributed by atoms with Crippen LogP contribution in [0.4, 0.5) is 0 Å². The minimum atomic E-state index is -4.45. The zero-order chi connectivity index (χ0) is 54.3. The van der Waals surface area contributed by atoms with Crippen molar-refractivity contribution in [2.45, 2.75) is 309 Å². The Balaban J connectivity index is 5.21. The second kappa shape index (κ2) is 54.3. The number of nitrogens with zero attached hydrogens (tertiary/aromatic N) is 1. The molecule has 3 unspecified atom stereocenters. The van der Waals surface area contributed by atoms with Crippen LogP contribution < -0.4 is 5.32 Å². The molecule has 0 saturated heterocycles. The van der Waals surface area contributed by atoms with E-state index in [9.17, 15) is 19.0 Å². The number of likely N-dealkylation sites (N-methyl/N-ethyl adjacent to an activating group) is 1. The maximum absolute atomic E-state index is 13.5. The van der Waals surface area contributed by atoms with E-state index in [1.165, 1.54) is 193 Å². The molecule has 0 bridgehead atoms. The maximum atomic E-state index is 13.5. The lowest BCUT2D eigenvalue weighted by Gasteiger charge is -2.27. The molecule has 2 N–H and O–H groups in total. The number of hydrogen-bond acceptors (Lipinski definition) is 6. The number of amides is 1. The zero-order valence-corrected chi connectivity index (χ0v) is 50.5. The van der Waals surface area contributed by atoms with Crippen LogP contribution in [0.1, 0.15) is 297 Å². The molecule has 0 aromatic carbocycles. The van der Waals surface area contributed by atoms with Crippen molar-refractivity contribution >= 4 is 19.7 Å². The van der Waals surface area contributed by atoms with E-state index in [1.807, 2.05) is 33.3 Å². The minimum absolute atomic E-state index is 0.0355. The second-order valence-electron chi connectivity index (χ2n) is 22.6. The van der Waals surface area contributed by atoms with Gasteiger partial charge in [0, 0.05) is 12.8 Å². The van der Waals surface area contributed by atoms with E-state index < -0.39 is 20.0 Å². The molecule has 434 valence electrons. The number of esters is 1. The predicted octanol–water partition coefficient (Wildman–Crippen LogP) is 19.3. The summed E-state index contributed by atoms with van der Waals surface area (Å²) in [5.41, 5.74) is 0. The SMILES string of the molecule is CCCCCCCC/C=C/CCCCCCCCCCCCCC(=O)OC(/C=C/CCCCCCCCCCC)C(COP(=O)(O)OCC[N+](C)(C)C)NC(=O)CCCCC/C=C/C=C/CCCCCCCCC. The number of phosphoric acid groups is 1. The summed E-state index contributed by atoms with van der Waals surface area (Å²) in [6.45, 7) is 7.00. The Labute approximate surface area is 458 Å². The number of unbranched alkanes of at least 4 members (excludes halogenated alkanes) is 36. The molecule has 0 aromatic heterocycles. The normalized spacial score (nSPS) is 14.0. The van der Waals surface area contributed by atoms with Gasteiger partial charge in [-0.3, -0.25) is 18.6 Å². The summed E-state index contributed by atoms with van der Waals surface area (Å²) in [7, 11) is 1.48. The molecule has 0 aromatic rings. The number of carbonyl (C=O) groups is 2. The zero-order valence-electron chi connectivity index (χ0n) is 49.6. The molecule has 9 nitrogen and oxygen atoms in total. The number of ether oxygens (including phenoxy) is 1. The number of nitrogens with one attached hydrogen (secondary N) is 1. The Kier molecular flexibility index (Phi) is 52.8. The fourth-order valence-electron chi connectivity index (χ4n) is 9.10. The van der Waals surface area contributed by atoms with Crippen molar-refractivity contribution in [1.29, 1.82) is 0 Å². The van der Waals surface area contributed by atoms with Crippen molar-refractivity contribution in [3.05, 3.63) is 48.6 Å². The van der Waals surface area contributed by atoms with Gasteiger partial charge in [-0.1, -0.05) is 250 Å². The van der Waals surface area contributed by atoms with Gasteiger partial charge in [-0.2, -0.15) is 0 Å². The quantitative estimate of drug-likeness (QED) is 0.0156. The molecule has 0 aliphatic carbocycles. The summed E-state index contributed by atoms with van der Waals surface area (Å²) < 4.78 is 30.7. The van der Waals surface area contributed by atoms with Gasteiger partial charge in [0.15, 0.2) is 0 Å². The van der Waals surface area contributed by atoms with Crippen LogP contribution in [0.5, 0.6) is 0 Å². The highest BCUT2D eigenvalue weighted by Gasteiger charge is 2.30. The number of rotatable bonds is 57. The molecule has 1 amide bonds. The molecule has 0 rings (SSSR count). The summed E-state index contributed by atoms with van der Waals surface area (Å²) >= 11 is 0. The fourth-order valence-corrected chi connectivity index (χ4v) is 9.84. The van der Waals surface area contributed by atoms with Crippen LogP contribution in [0.2, 0.25) is 0 Å². The van der Waals surface area contributed by atoms with Crippen LogP contribution in [0, 0.1) is 0 Å². The van der Waals surface area contributed by atoms with Gasteiger partial charge in [-0.15, -0.1) is 0 Å².